The van der Waals surface area contributed by atoms with Gasteiger partial charge < -0.3 is 5.11 Å². The molecule has 6 heteroatoms. The van der Waals surface area contributed by atoms with E-state index in [9.17, 15) is 18.3 Å². The number of sulfonamides is 1. The summed E-state index contributed by atoms with van der Waals surface area (Å²) < 4.78 is 27.3. The molecule has 1 aliphatic heterocycles. The molecule has 0 spiro atoms. The Bertz CT molecular complexity index is 964. The number of carbonyl (C=O) groups is 1. The van der Waals surface area contributed by atoms with Gasteiger partial charge in [-0.1, -0.05) is 49.7 Å². The van der Waals surface area contributed by atoms with Gasteiger partial charge in [-0.05, 0) is 37.1 Å². The van der Waals surface area contributed by atoms with E-state index in [2.05, 4.69) is 0 Å². The van der Waals surface area contributed by atoms with Crippen LogP contribution in [0.1, 0.15) is 32.3 Å². The first-order chi connectivity index (χ1) is 12.4. The second-order valence-corrected chi connectivity index (χ2v) is 8.11. The van der Waals surface area contributed by atoms with E-state index >= 15 is 0 Å². The van der Waals surface area contributed by atoms with Crippen molar-refractivity contribution in [3.05, 3.63) is 65.7 Å². The minimum absolute atomic E-state index is 0.0376. The third kappa shape index (κ3) is 2.90. The van der Waals surface area contributed by atoms with Crippen LogP contribution >= 0.6 is 0 Å². The number of rotatable bonds is 5. The Morgan fingerprint density at radius 3 is 2.27 bits per heavy atom. The second kappa shape index (κ2) is 6.96. The largest absolute Gasteiger partial charge is 0.507 e. The molecule has 1 heterocycles. The van der Waals surface area contributed by atoms with Crippen LogP contribution in [0.4, 0.5) is 0 Å². The topological polar surface area (TPSA) is 74.7 Å². The van der Waals surface area contributed by atoms with Crippen LogP contribution in [-0.4, -0.2) is 29.8 Å². The number of aromatic hydroxyl groups is 1. The lowest BCUT2D eigenvalue weighted by Crippen LogP contribution is -2.40. The number of para-hydroxylation sites is 1. The molecule has 0 fully saturated rings. The average molecular weight is 371 g/mol. The second-order valence-electron chi connectivity index (χ2n) is 6.30. The minimum atomic E-state index is -3.99. The molecule has 136 valence electrons. The van der Waals surface area contributed by atoms with E-state index in [4.69, 9.17) is 0 Å². The lowest BCUT2D eigenvalue weighted by molar-refractivity contribution is -0.120. The fourth-order valence-electron chi connectivity index (χ4n) is 3.37. The number of carbonyl (C=O) groups excluding carboxylic acids is 1. The standard InChI is InChI=1S/C20H21NO4S/c1-3-9-17-14(2)19(16-12-7-8-13-18(16)22)20(23)21(17)26(24,25)15-10-5-4-6-11-15/h4-8,10-13,17,22H,3,9H2,1-2H3. The van der Waals surface area contributed by atoms with Crippen molar-refractivity contribution in [1.82, 2.24) is 4.31 Å². The number of benzene rings is 2. The summed E-state index contributed by atoms with van der Waals surface area (Å²) in [5.74, 6) is -0.629. The Morgan fingerprint density at radius 2 is 1.65 bits per heavy atom. The number of hydrogen-bond acceptors (Lipinski definition) is 4. The monoisotopic (exact) mass is 371 g/mol. The van der Waals surface area contributed by atoms with Crippen molar-refractivity contribution in [2.75, 3.05) is 0 Å². The summed E-state index contributed by atoms with van der Waals surface area (Å²) >= 11 is 0. The highest BCUT2D eigenvalue weighted by atomic mass is 32.2. The van der Waals surface area contributed by atoms with Crippen molar-refractivity contribution in [3.8, 4) is 5.75 Å². The SMILES string of the molecule is CCCC1C(C)=C(c2ccccc2O)C(=O)N1S(=O)(=O)c1ccccc1. The van der Waals surface area contributed by atoms with Crippen LogP contribution in [0.15, 0.2) is 65.1 Å². The third-order valence-electron chi connectivity index (χ3n) is 4.63. The van der Waals surface area contributed by atoms with Crippen LogP contribution in [0, 0.1) is 0 Å². The van der Waals surface area contributed by atoms with E-state index in [-0.39, 0.29) is 16.2 Å². The van der Waals surface area contributed by atoms with Crippen LogP contribution < -0.4 is 0 Å². The van der Waals surface area contributed by atoms with Crippen LogP contribution in [0.3, 0.4) is 0 Å². The molecule has 1 N–H and O–H groups in total. The molecular formula is C20H21NO4S. The van der Waals surface area contributed by atoms with Gasteiger partial charge in [0.1, 0.15) is 5.75 Å². The first-order valence-corrected chi connectivity index (χ1v) is 9.96. The minimum Gasteiger partial charge on any atom is -0.507 e. The van der Waals surface area contributed by atoms with Gasteiger partial charge in [0.05, 0.1) is 16.5 Å². The maximum atomic E-state index is 13.2. The van der Waals surface area contributed by atoms with Gasteiger partial charge in [-0.25, -0.2) is 12.7 Å². The van der Waals surface area contributed by atoms with Crippen LogP contribution in [0.2, 0.25) is 0 Å². The molecule has 1 aliphatic rings. The van der Waals surface area contributed by atoms with Gasteiger partial charge in [0.2, 0.25) is 0 Å². The van der Waals surface area contributed by atoms with Crippen molar-refractivity contribution in [2.45, 2.75) is 37.6 Å². The molecule has 1 unspecified atom stereocenters. The van der Waals surface area contributed by atoms with Crippen molar-refractivity contribution < 1.29 is 18.3 Å². The molecule has 1 atom stereocenters. The quantitative estimate of drug-likeness (QED) is 0.872. The van der Waals surface area contributed by atoms with Gasteiger partial charge in [0.15, 0.2) is 0 Å². The normalized spacial score (nSPS) is 17.8. The molecule has 0 bridgehead atoms. The number of nitrogens with zero attached hydrogens (tertiary/aromatic N) is 1. The van der Waals surface area contributed by atoms with Gasteiger partial charge in [0, 0.05) is 5.56 Å². The molecule has 0 aliphatic carbocycles. The molecule has 0 saturated carbocycles. The van der Waals surface area contributed by atoms with Crippen LogP contribution in [0.5, 0.6) is 5.75 Å². The fraction of sp³-hybridized carbons (Fsp3) is 0.250. The van der Waals surface area contributed by atoms with Gasteiger partial charge in [-0.2, -0.15) is 0 Å². The Morgan fingerprint density at radius 1 is 1.04 bits per heavy atom. The number of hydrogen-bond donors (Lipinski definition) is 1. The fourth-order valence-corrected chi connectivity index (χ4v) is 5.00. The van der Waals surface area contributed by atoms with Crippen molar-refractivity contribution in [3.63, 3.8) is 0 Å². The van der Waals surface area contributed by atoms with Crippen molar-refractivity contribution in [2.24, 2.45) is 0 Å². The van der Waals surface area contributed by atoms with E-state index < -0.39 is 22.0 Å². The molecule has 2 aromatic rings. The molecule has 2 aromatic carbocycles. The Hall–Kier alpha value is -2.60. The molecule has 0 radical (unpaired) electrons. The van der Waals surface area contributed by atoms with Gasteiger partial charge in [-0.15, -0.1) is 0 Å². The first kappa shape index (κ1) is 18.2. The molecule has 26 heavy (non-hydrogen) atoms. The van der Waals surface area contributed by atoms with Crippen LogP contribution in [-0.2, 0) is 14.8 Å². The molecule has 5 nitrogen and oxygen atoms in total. The number of phenols is 1. The summed E-state index contributed by atoms with van der Waals surface area (Å²) in [5.41, 5.74) is 1.29. The van der Waals surface area contributed by atoms with Crippen LogP contribution in [0.25, 0.3) is 5.57 Å². The van der Waals surface area contributed by atoms with Crippen molar-refractivity contribution >= 4 is 21.5 Å². The molecule has 3 rings (SSSR count). The average Bonchev–Trinajstić information content (AvgIpc) is 2.87. The predicted octanol–water partition coefficient (Wildman–Crippen LogP) is 3.57. The highest BCUT2D eigenvalue weighted by Gasteiger charge is 2.44. The highest BCUT2D eigenvalue weighted by molar-refractivity contribution is 7.89. The van der Waals surface area contributed by atoms with E-state index in [0.717, 1.165) is 10.7 Å². The molecule has 1 amide bonds. The van der Waals surface area contributed by atoms with Gasteiger partial charge >= 0.3 is 0 Å². The first-order valence-electron chi connectivity index (χ1n) is 8.52. The Balaban J connectivity index is 2.14. The number of amides is 1. The van der Waals surface area contributed by atoms with Gasteiger partial charge in [-0.3, -0.25) is 4.79 Å². The van der Waals surface area contributed by atoms with Crippen molar-refractivity contribution in [1.29, 1.82) is 0 Å². The van der Waals surface area contributed by atoms with E-state index in [0.29, 0.717) is 17.6 Å². The zero-order valence-corrected chi connectivity index (χ0v) is 15.5. The summed E-state index contributed by atoms with van der Waals surface area (Å²) in [6, 6.07) is 13.9. The summed E-state index contributed by atoms with van der Waals surface area (Å²) in [6.45, 7) is 3.71. The zero-order chi connectivity index (χ0) is 18.9. The maximum Gasteiger partial charge on any atom is 0.268 e. The molecular weight excluding hydrogens is 350 g/mol. The summed E-state index contributed by atoms with van der Waals surface area (Å²) in [5, 5.41) is 10.2. The summed E-state index contributed by atoms with van der Waals surface area (Å²) in [4.78, 5) is 13.2. The van der Waals surface area contributed by atoms with E-state index in [1.54, 1.807) is 43.3 Å². The summed E-state index contributed by atoms with van der Waals surface area (Å²) in [7, 11) is -3.99. The summed E-state index contributed by atoms with van der Waals surface area (Å²) in [6.07, 6.45) is 1.25. The number of phenolic OH excluding ortho intramolecular Hbond substituents is 1. The smallest absolute Gasteiger partial charge is 0.268 e. The molecule has 0 aromatic heterocycles. The van der Waals surface area contributed by atoms with E-state index in [1.165, 1.54) is 18.2 Å². The van der Waals surface area contributed by atoms with Gasteiger partial charge in [0.25, 0.3) is 15.9 Å². The lowest BCUT2D eigenvalue weighted by atomic mass is 9.97. The molecule has 0 saturated heterocycles. The Labute approximate surface area is 153 Å². The Kier molecular flexibility index (Phi) is 4.87. The van der Waals surface area contributed by atoms with E-state index in [1.807, 2.05) is 6.92 Å². The maximum absolute atomic E-state index is 13.2. The predicted molar refractivity (Wildman–Crippen MR) is 99.9 cm³/mol. The highest BCUT2D eigenvalue weighted by Crippen LogP contribution is 2.40. The third-order valence-corrected chi connectivity index (χ3v) is 6.43. The lowest BCUT2D eigenvalue weighted by Gasteiger charge is -2.25. The zero-order valence-electron chi connectivity index (χ0n) is 14.7.